The summed E-state index contributed by atoms with van der Waals surface area (Å²) >= 11 is 2.82. The Morgan fingerprint density at radius 3 is 2.48 bits per heavy atom. The lowest BCUT2D eigenvalue weighted by atomic mass is 9.95. The molecule has 0 aliphatic heterocycles. The van der Waals surface area contributed by atoms with Crippen molar-refractivity contribution in [3.05, 3.63) is 44.8 Å². The van der Waals surface area contributed by atoms with E-state index in [1.54, 1.807) is 17.0 Å². The van der Waals surface area contributed by atoms with Gasteiger partial charge in [0.25, 0.3) is 5.91 Å². The average Bonchev–Trinajstić information content (AvgIpc) is 3.50. The number of thiophene rings is 2. The van der Waals surface area contributed by atoms with Gasteiger partial charge in [0.05, 0.1) is 11.4 Å². The van der Waals surface area contributed by atoms with Crippen LogP contribution >= 0.6 is 22.7 Å². The summed E-state index contributed by atoms with van der Waals surface area (Å²) in [6.45, 7) is 2.41. The van der Waals surface area contributed by atoms with E-state index in [1.165, 1.54) is 29.1 Å². The van der Waals surface area contributed by atoms with Gasteiger partial charge in [-0.2, -0.15) is 0 Å². The summed E-state index contributed by atoms with van der Waals surface area (Å²) in [7, 11) is 0. The topological polar surface area (TPSA) is 78.5 Å². The highest BCUT2D eigenvalue weighted by Crippen LogP contribution is 2.27. The van der Waals surface area contributed by atoms with Crippen molar-refractivity contribution >= 4 is 40.4 Å². The number of rotatable bonds is 10. The standard InChI is InChI=1S/C23H31N3O3S2/c1-2-3-13-26(20(27)16-24-22(28)19-12-8-15-31-19)21(18-11-7-14-30-18)23(29)25-17-9-5-4-6-10-17/h7-8,11-12,14-15,17,21H,2-6,9-10,13,16H2,1H3,(H,24,28)(H,25,29). The lowest BCUT2D eigenvalue weighted by molar-refractivity contribution is -0.140. The van der Waals surface area contributed by atoms with Crippen molar-refractivity contribution in [2.45, 2.75) is 64.0 Å². The molecule has 168 valence electrons. The molecular formula is C23H31N3O3S2. The van der Waals surface area contributed by atoms with E-state index in [-0.39, 0.29) is 30.3 Å². The summed E-state index contributed by atoms with van der Waals surface area (Å²) in [6.07, 6.45) is 7.15. The lowest BCUT2D eigenvalue weighted by Crippen LogP contribution is -2.49. The van der Waals surface area contributed by atoms with Crippen LogP contribution in [-0.4, -0.2) is 41.8 Å². The lowest BCUT2D eigenvalue weighted by Gasteiger charge is -2.32. The van der Waals surface area contributed by atoms with E-state index < -0.39 is 6.04 Å². The van der Waals surface area contributed by atoms with E-state index in [0.717, 1.165) is 43.4 Å². The van der Waals surface area contributed by atoms with E-state index in [1.807, 2.05) is 22.9 Å². The second kappa shape index (κ2) is 12.0. The quantitative estimate of drug-likeness (QED) is 0.552. The average molecular weight is 462 g/mol. The highest BCUT2D eigenvalue weighted by atomic mass is 32.1. The van der Waals surface area contributed by atoms with E-state index in [4.69, 9.17) is 0 Å². The molecule has 3 amide bonds. The van der Waals surface area contributed by atoms with Crippen LogP contribution in [0.2, 0.25) is 0 Å². The summed E-state index contributed by atoms with van der Waals surface area (Å²) in [5.74, 6) is -0.628. The van der Waals surface area contributed by atoms with Gasteiger partial charge in [-0.05, 0) is 42.2 Å². The van der Waals surface area contributed by atoms with Gasteiger partial charge in [0.1, 0.15) is 6.04 Å². The van der Waals surface area contributed by atoms with Crippen LogP contribution in [0.1, 0.15) is 72.5 Å². The molecule has 1 aliphatic rings. The van der Waals surface area contributed by atoms with Crippen molar-refractivity contribution in [1.29, 1.82) is 0 Å². The Bertz CT molecular complexity index is 830. The molecule has 0 spiro atoms. The molecule has 3 rings (SSSR count). The number of nitrogens with zero attached hydrogens (tertiary/aromatic N) is 1. The van der Waals surface area contributed by atoms with Gasteiger partial charge in [-0.3, -0.25) is 14.4 Å². The third-order valence-electron chi connectivity index (χ3n) is 5.54. The van der Waals surface area contributed by atoms with Crippen LogP contribution in [0.5, 0.6) is 0 Å². The van der Waals surface area contributed by atoms with Gasteiger partial charge in [0, 0.05) is 17.5 Å². The van der Waals surface area contributed by atoms with Crippen LogP contribution in [0.4, 0.5) is 0 Å². The molecule has 2 aromatic rings. The zero-order valence-corrected chi connectivity index (χ0v) is 19.6. The molecule has 0 saturated heterocycles. The third-order valence-corrected chi connectivity index (χ3v) is 7.34. The van der Waals surface area contributed by atoms with Gasteiger partial charge < -0.3 is 15.5 Å². The summed E-state index contributed by atoms with van der Waals surface area (Å²) in [5, 5.41) is 9.66. The first-order valence-electron chi connectivity index (χ1n) is 11.0. The largest absolute Gasteiger partial charge is 0.351 e. The van der Waals surface area contributed by atoms with Crippen molar-refractivity contribution in [2.24, 2.45) is 0 Å². The molecule has 2 N–H and O–H groups in total. The van der Waals surface area contributed by atoms with Crippen LogP contribution in [0.3, 0.4) is 0 Å². The first-order chi connectivity index (χ1) is 15.1. The maximum atomic E-state index is 13.4. The summed E-state index contributed by atoms with van der Waals surface area (Å²) in [4.78, 5) is 41.9. The first-order valence-corrected chi connectivity index (χ1v) is 12.8. The van der Waals surface area contributed by atoms with Crippen molar-refractivity contribution in [3.63, 3.8) is 0 Å². The maximum Gasteiger partial charge on any atom is 0.261 e. The zero-order chi connectivity index (χ0) is 22.1. The predicted molar refractivity (Wildman–Crippen MR) is 125 cm³/mol. The smallest absolute Gasteiger partial charge is 0.261 e. The molecule has 1 fully saturated rings. The fraction of sp³-hybridized carbons (Fsp3) is 0.522. The van der Waals surface area contributed by atoms with Gasteiger partial charge in [0.2, 0.25) is 11.8 Å². The van der Waals surface area contributed by atoms with Gasteiger partial charge >= 0.3 is 0 Å². The summed E-state index contributed by atoms with van der Waals surface area (Å²) < 4.78 is 0. The van der Waals surface area contributed by atoms with Crippen LogP contribution in [0, 0.1) is 0 Å². The minimum absolute atomic E-state index is 0.122. The molecule has 1 atom stereocenters. The number of carbonyl (C=O) groups excluding carboxylic acids is 3. The number of hydrogen-bond donors (Lipinski definition) is 2. The van der Waals surface area contributed by atoms with Crippen LogP contribution in [-0.2, 0) is 9.59 Å². The molecule has 0 aromatic carbocycles. The highest BCUT2D eigenvalue weighted by molar-refractivity contribution is 7.12. The number of nitrogens with one attached hydrogen (secondary N) is 2. The normalized spacial score (nSPS) is 15.3. The van der Waals surface area contributed by atoms with Crippen molar-refractivity contribution in [1.82, 2.24) is 15.5 Å². The minimum atomic E-state index is -0.667. The van der Waals surface area contributed by atoms with E-state index in [9.17, 15) is 14.4 Å². The number of hydrogen-bond acceptors (Lipinski definition) is 5. The van der Waals surface area contributed by atoms with Crippen LogP contribution in [0.15, 0.2) is 35.0 Å². The van der Waals surface area contributed by atoms with Gasteiger partial charge in [-0.15, -0.1) is 22.7 Å². The van der Waals surface area contributed by atoms with Crippen molar-refractivity contribution in [2.75, 3.05) is 13.1 Å². The monoisotopic (exact) mass is 461 g/mol. The van der Waals surface area contributed by atoms with Crippen LogP contribution < -0.4 is 10.6 Å². The highest BCUT2D eigenvalue weighted by Gasteiger charge is 2.33. The van der Waals surface area contributed by atoms with E-state index >= 15 is 0 Å². The van der Waals surface area contributed by atoms with Crippen molar-refractivity contribution < 1.29 is 14.4 Å². The summed E-state index contributed by atoms with van der Waals surface area (Å²) in [5.41, 5.74) is 0. The number of amides is 3. The van der Waals surface area contributed by atoms with Gasteiger partial charge in [0.15, 0.2) is 0 Å². The molecule has 31 heavy (non-hydrogen) atoms. The molecule has 2 aromatic heterocycles. The van der Waals surface area contributed by atoms with E-state index in [2.05, 4.69) is 17.6 Å². The molecule has 1 unspecified atom stereocenters. The third kappa shape index (κ3) is 6.64. The molecule has 1 aliphatic carbocycles. The zero-order valence-electron chi connectivity index (χ0n) is 18.0. The fourth-order valence-corrected chi connectivity index (χ4v) is 5.35. The second-order valence-electron chi connectivity index (χ2n) is 7.86. The van der Waals surface area contributed by atoms with Gasteiger partial charge in [-0.1, -0.05) is 44.7 Å². The molecule has 2 heterocycles. The molecule has 8 heteroatoms. The first kappa shape index (κ1) is 23.5. The Kier molecular flexibility index (Phi) is 9.09. The Morgan fingerprint density at radius 1 is 1.10 bits per heavy atom. The molecule has 0 bridgehead atoms. The SMILES string of the molecule is CCCCN(C(=O)CNC(=O)c1cccs1)C(C(=O)NC1CCCCC1)c1cccs1. The molecule has 1 saturated carbocycles. The fourth-order valence-electron chi connectivity index (χ4n) is 3.88. The number of carbonyl (C=O) groups is 3. The van der Waals surface area contributed by atoms with E-state index in [0.29, 0.717) is 11.4 Å². The molecular weight excluding hydrogens is 430 g/mol. The van der Waals surface area contributed by atoms with Crippen LogP contribution in [0.25, 0.3) is 0 Å². The number of unbranched alkanes of at least 4 members (excludes halogenated alkanes) is 1. The Morgan fingerprint density at radius 2 is 1.84 bits per heavy atom. The Balaban J connectivity index is 1.74. The predicted octanol–water partition coefficient (Wildman–Crippen LogP) is 4.36. The summed E-state index contributed by atoms with van der Waals surface area (Å²) in [6, 6.07) is 6.85. The Labute approximate surface area is 192 Å². The van der Waals surface area contributed by atoms with Gasteiger partial charge in [-0.25, -0.2) is 0 Å². The second-order valence-corrected chi connectivity index (χ2v) is 9.79. The maximum absolute atomic E-state index is 13.4. The minimum Gasteiger partial charge on any atom is -0.351 e. The van der Waals surface area contributed by atoms with Crippen molar-refractivity contribution in [3.8, 4) is 0 Å². The Hall–Kier alpha value is -2.19. The molecule has 0 radical (unpaired) electrons. The molecule has 6 nitrogen and oxygen atoms in total.